The minimum Gasteiger partial charge on any atom is -0.481 e. The summed E-state index contributed by atoms with van der Waals surface area (Å²) in [5.74, 6) is -2.43. The lowest BCUT2D eigenvalue weighted by Gasteiger charge is -2.37. The van der Waals surface area contributed by atoms with Crippen LogP contribution in [0.2, 0.25) is 0 Å². The molecule has 0 spiro atoms. The number of methoxy groups -OCH3 is 1. The molecule has 1 aliphatic heterocycles. The fourth-order valence-corrected chi connectivity index (χ4v) is 5.60. The molecule has 2 amide bonds. The van der Waals surface area contributed by atoms with Gasteiger partial charge in [-0.1, -0.05) is 23.9 Å². The maximum Gasteiger partial charge on any atom is 0.408 e. The van der Waals surface area contributed by atoms with Gasteiger partial charge in [-0.3, -0.25) is 14.4 Å². The number of nitrogens with one attached hydrogen (secondary N) is 1. The fraction of sp³-hybridized carbons (Fsp3) is 0.478. The topological polar surface area (TPSA) is 145 Å². The van der Waals surface area contributed by atoms with Gasteiger partial charge in [0.25, 0.3) is 0 Å². The van der Waals surface area contributed by atoms with Gasteiger partial charge in [0.15, 0.2) is 16.8 Å². The Bertz CT molecular complexity index is 1320. The average molecular weight is 589 g/mol. The molecule has 0 atom stereocenters. The second kappa shape index (κ2) is 12.3. The van der Waals surface area contributed by atoms with E-state index in [1.54, 1.807) is 20.8 Å². The number of carbonyl (C=O) groups excluding carboxylic acids is 1. The van der Waals surface area contributed by atoms with Gasteiger partial charge in [-0.05, 0) is 26.8 Å². The summed E-state index contributed by atoms with van der Waals surface area (Å²) >= 11 is 0.966. The quantitative estimate of drug-likeness (QED) is 0.334. The van der Waals surface area contributed by atoms with Crippen molar-refractivity contribution in [3.8, 4) is 5.88 Å². The molecule has 1 aliphatic rings. The SMILES string of the molecule is COc1cc(NS(=O)(=O)N2CCN(C(=O)CN(C(=O)O)C(C)(C)C)CC2)nc(SCc2cccc(F)c2F)n1. The number of carboxylic acid groups (broad SMARTS) is 1. The number of aromatic nitrogens is 2. The molecule has 1 aromatic carbocycles. The Kier molecular flexibility index (Phi) is 9.55. The number of ether oxygens (including phenoxy) is 1. The number of piperazine rings is 1. The highest BCUT2D eigenvalue weighted by atomic mass is 32.2. The molecule has 3 rings (SSSR count). The third-order valence-corrected chi connectivity index (χ3v) is 8.19. The predicted octanol–water partition coefficient (Wildman–Crippen LogP) is 2.64. The van der Waals surface area contributed by atoms with Gasteiger partial charge in [0.2, 0.25) is 11.8 Å². The average Bonchev–Trinajstić information content (AvgIpc) is 2.86. The lowest BCUT2D eigenvalue weighted by molar-refractivity contribution is -0.134. The zero-order valence-electron chi connectivity index (χ0n) is 21.8. The molecule has 1 fully saturated rings. The highest BCUT2D eigenvalue weighted by Crippen LogP contribution is 2.26. The van der Waals surface area contributed by atoms with Crippen molar-refractivity contribution in [2.24, 2.45) is 0 Å². The Labute approximate surface area is 229 Å². The number of rotatable bonds is 9. The van der Waals surface area contributed by atoms with Gasteiger partial charge >= 0.3 is 16.3 Å². The normalized spacial score (nSPS) is 14.7. The highest BCUT2D eigenvalue weighted by molar-refractivity contribution is 7.98. The first-order valence-electron chi connectivity index (χ1n) is 11.8. The van der Waals surface area contributed by atoms with Gasteiger partial charge in [-0.15, -0.1) is 0 Å². The molecule has 0 unspecified atom stereocenters. The molecule has 0 aliphatic carbocycles. The van der Waals surface area contributed by atoms with Crippen molar-refractivity contribution in [3.05, 3.63) is 41.5 Å². The van der Waals surface area contributed by atoms with Crippen LogP contribution in [0.1, 0.15) is 26.3 Å². The summed E-state index contributed by atoms with van der Waals surface area (Å²) in [5.41, 5.74) is -0.687. The summed E-state index contributed by atoms with van der Waals surface area (Å²) in [5, 5.41) is 9.50. The molecule has 2 aromatic rings. The van der Waals surface area contributed by atoms with Crippen molar-refractivity contribution in [2.45, 2.75) is 37.2 Å². The first-order chi connectivity index (χ1) is 18.2. The molecule has 1 aromatic heterocycles. The van der Waals surface area contributed by atoms with Crippen LogP contribution in [0, 0.1) is 11.6 Å². The second-order valence-corrected chi connectivity index (χ2v) is 12.1. The number of amides is 2. The molecule has 0 saturated carbocycles. The summed E-state index contributed by atoms with van der Waals surface area (Å²) in [6.07, 6.45) is -1.22. The van der Waals surface area contributed by atoms with Crippen LogP contribution in [0.5, 0.6) is 5.88 Å². The van der Waals surface area contributed by atoms with Crippen LogP contribution >= 0.6 is 11.8 Å². The third-order valence-electron chi connectivity index (χ3n) is 5.78. The van der Waals surface area contributed by atoms with Crippen molar-refractivity contribution in [1.82, 2.24) is 24.1 Å². The van der Waals surface area contributed by atoms with E-state index in [0.717, 1.165) is 27.0 Å². The van der Waals surface area contributed by atoms with E-state index in [1.807, 2.05) is 0 Å². The van der Waals surface area contributed by atoms with E-state index in [-0.39, 0.29) is 60.9 Å². The molecular weight excluding hydrogens is 558 g/mol. The van der Waals surface area contributed by atoms with Crippen molar-refractivity contribution in [3.63, 3.8) is 0 Å². The van der Waals surface area contributed by atoms with E-state index in [9.17, 15) is 31.9 Å². The zero-order valence-corrected chi connectivity index (χ0v) is 23.5. The Morgan fingerprint density at radius 2 is 1.85 bits per heavy atom. The lowest BCUT2D eigenvalue weighted by atomic mass is 10.1. The lowest BCUT2D eigenvalue weighted by Crippen LogP contribution is -2.55. The molecule has 0 radical (unpaired) electrons. The fourth-order valence-electron chi connectivity index (χ4n) is 3.63. The van der Waals surface area contributed by atoms with E-state index in [2.05, 4.69) is 14.7 Å². The number of thioether (sulfide) groups is 1. The van der Waals surface area contributed by atoms with Gasteiger partial charge < -0.3 is 14.7 Å². The molecular formula is C23H30F2N6O6S2. The maximum absolute atomic E-state index is 14.0. The summed E-state index contributed by atoms with van der Waals surface area (Å²) in [6, 6.07) is 5.07. The van der Waals surface area contributed by atoms with Crippen molar-refractivity contribution in [2.75, 3.05) is 44.6 Å². The molecule has 0 bridgehead atoms. The molecule has 2 heterocycles. The van der Waals surface area contributed by atoms with Crippen molar-refractivity contribution in [1.29, 1.82) is 0 Å². The molecule has 1 saturated heterocycles. The number of carbonyl (C=O) groups is 2. The minimum atomic E-state index is -4.09. The zero-order chi connectivity index (χ0) is 29.0. The molecule has 214 valence electrons. The van der Waals surface area contributed by atoms with Crippen LogP contribution in [-0.2, 0) is 20.8 Å². The number of halogens is 2. The Morgan fingerprint density at radius 1 is 1.18 bits per heavy atom. The monoisotopic (exact) mass is 588 g/mol. The smallest absolute Gasteiger partial charge is 0.408 e. The maximum atomic E-state index is 14.0. The summed E-state index contributed by atoms with van der Waals surface area (Å²) in [6.45, 7) is 4.79. The predicted molar refractivity (Wildman–Crippen MR) is 140 cm³/mol. The van der Waals surface area contributed by atoms with Crippen LogP contribution in [0.15, 0.2) is 29.4 Å². The second-order valence-electron chi connectivity index (χ2n) is 9.51. The van der Waals surface area contributed by atoms with Gasteiger partial charge in [0.1, 0.15) is 12.4 Å². The van der Waals surface area contributed by atoms with Gasteiger partial charge in [0, 0.05) is 49.1 Å². The van der Waals surface area contributed by atoms with Crippen LogP contribution in [-0.4, -0.2) is 95.0 Å². The standard InChI is InChI=1S/C23H30F2N6O6S2/c1-23(2,3)31(22(33)34)13-19(32)29-8-10-30(11-9-29)39(35,36)28-17-12-18(37-4)27-21(26-17)38-14-15-6-5-7-16(24)20(15)25/h5-7,12H,8-11,13-14H2,1-4H3,(H,33,34)(H,26,27,28). The number of anilines is 1. The van der Waals surface area contributed by atoms with Crippen molar-refractivity contribution < 1.29 is 36.6 Å². The highest BCUT2D eigenvalue weighted by Gasteiger charge is 2.33. The Morgan fingerprint density at radius 3 is 2.44 bits per heavy atom. The molecule has 2 N–H and O–H groups in total. The number of hydrogen-bond acceptors (Lipinski definition) is 8. The first-order valence-corrected chi connectivity index (χ1v) is 14.2. The molecule has 16 heteroatoms. The van der Waals surface area contributed by atoms with E-state index in [0.29, 0.717) is 0 Å². The number of benzene rings is 1. The van der Waals surface area contributed by atoms with Crippen molar-refractivity contribution >= 4 is 39.8 Å². The van der Waals surface area contributed by atoms with E-state index in [4.69, 9.17) is 4.74 Å². The third kappa shape index (κ3) is 7.89. The minimum absolute atomic E-state index is 0.00649. The van der Waals surface area contributed by atoms with E-state index < -0.39 is 39.4 Å². The Hall–Kier alpha value is -3.24. The van der Waals surface area contributed by atoms with Crippen LogP contribution in [0.3, 0.4) is 0 Å². The number of hydrogen-bond donors (Lipinski definition) is 2. The van der Waals surface area contributed by atoms with E-state index >= 15 is 0 Å². The van der Waals surface area contributed by atoms with Crippen LogP contribution < -0.4 is 9.46 Å². The van der Waals surface area contributed by atoms with Gasteiger partial charge in [0.05, 0.1) is 7.11 Å². The summed E-state index contributed by atoms with van der Waals surface area (Å²) in [4.78, 5) is 34.9. The largest absolute Gasteiger partial charge is 0.481 e. The van der Waals surface area contributed by atoms with Crippen LogP contribution in [0.25, 0.3) is 0 Å². The first kappa shape index (κ1) is 30.3. The van der Waals surface area contributed by atoms with E-state index in [1.165, 1.54) is 30.2 Å². The van der Waals surface area contributed by atoms with Gasteiger partial charge in [-0.2, -0.15) is 17.7 Å². The summed E-state index contributed by atoms with van der Waals surface area (Å²) < 4.78 is 62.2. The molecule has 12 nitrogen and oxygen atoms in total. The van der Waals surface area contributed by atoms with Gasteiger partial charge in [-0.25, -0.2) is 18.6 Å². The Balaban J connectivity index is 1.64. The van der Waals surface area contributed by atoms with Crippen LogP contribution in [0.4, 0.5) is 19.4 Å². The summed E-state index contributed by atoms with van der Waals surface area (Å²) in [7, 11) is -2.75. The molecule has 39 heavy (non-hydrogen) atoms. The number of nitrogens with zero attached hydrogens (tertiary/aromatic N) is 5.